The van der Waals surface area contributed by atoms with Gasteiger partial charge in [0.05, 0.1) is 6.04 Å². The first kappa shape index (κ1) is 16.0. The number of likely N-dealkylation sites (tertiary alicyclic amines) is 1. The molecule has 1 amide bonds. The van der Waals surface area contributed by atoms with Crippen LogP contribution < -0.4 is 5.32 Å². The highest BCUT2D eigenvalue weighted by Gasteiger charge is 2.28. The van der Waals surface area contributed by atoms with E-state index in [2.05, 4.69) is 22.3 Å². The summed E-state index contributed by atoms with van der Waals surface area (Å²) < 4.78 is 0. The predicted octanol–water partition coefficient (Wildman–Crippen LogP) is 1.79. The molecule has 0 saturated carbocycles. The second kappa shape index (κ2) is 8.15. The van der Waals surface area contributed by atoms with E-state index in [0.29, 0.717) is 6.54 Å². The quantitative estimate of drug-likeness (QED) is 0.840. The number of hydrogen-bond donors (Lipinski definition) is 2. The molecule has 0 aliphatic carbocycles. The minimum absolute atomic E-state index is 0.0372. The van der Waals surface area contributed by atoms with Crippen molar-refractivity contribution in [2.24, 2.45) is 5.92 Å². The van der Waals surface area contributed by atoms with E-state index in [1.807, 2.05) is 25.1 Å². The van der Waals surface area contributed by atoms with Gasteiger partial charge in [-0.05, 0) is 30.9 Å². The van der Waals surface area contributed by atoms with Crippen LogP contribution in [0.1, 0.15) is 31.7 Å². The number of amides is 1. The summed E-state index contributed by atoms with van der Waals surface area (Å²) >= 11 is 0. The summed E-state index contributed by atoms with van der Waals surface area (Å²) in [6.45, 7) is 4.39. The zero-order valence-electron chi connectivity index (χ0n) is 12.8. The zero-order chi connectivity index (χ0) is 15.1. The molecule has 4 heteroatoms. The third-order valence-electron chi connectivity index (χ3n) is 4.08. The number of nitrogens with zero attached hydrogens (tertiary/aromatic N) is 1. The number of aliphatic hydroxyl groups is 1. The minimum Gasteiger partial charge on any atom is -0.396 e. The first-order valence-electron chi connectivity index (χ1n) is 7.87. The van der Waals surface area contributed by atoms with Gasteiger partial charge < -0.3 is 10.4 Å². The van der Waals surface area contributed by atoms with E-state index in [0.717, 1.165) is 32.4 Å². The summed E-state index contributed by atoms with van der Waals surface area (Å²) in [5.41, 5.74) is 1.25. The van der Waals surface area contributed by atoms with Crippen LogP contribution in [-0.2, 0) is 11.3 Å². The van der Waals surface area contributed by atoms with Crippen LogP contribution in [0.2, 0.25) is 0 Å². The van der Waals surface area contributed by atoms with Crippen LogP contribution >= 0.6 is 0 Å². The van der Waals surface area contributed by atoms with Crippen LogP contribution in [0.4, 0.5) is 0 Å². The molecule has 2 unspecified atom stereocenters. The summed E-state index contributed by atoms with van der Waals surface area (Å²) in [6.07, 6.45) is 3.19. The Bertz CT molecular complexity index is 436. The molecule has 116 valence electrons. The topological polar surface area (TPSA) is 52.6 Å². The summed E-state index contributed by atoms with van der Waals surface area (Å²) in [4.78, 5) is 14.7. The highest BCUT2D eigenvalue weighted by molar-refractivity contribution is 5.81. The standard InChI is InChI=1S/C17H26N2O2/c1-14(13-20)11-18-17(21)16-9-5-6-10-19(16)12-15-7-3-2-4-8-15/h2-4,7-8,14,16,20H,5-6,9-13H2,1H3,(H,18,21). The van der Waals surface area contributed by atoms with E-state index >= 15 is 0 Å². The third-order valence-corrected chi connectivity index (χ3v) is 4.08. The number of hydrogen-bond acceptors (Lipinski definition) is 3. The van der Waals surface area contributed by atoms with Crippen molar-refractivity contribution in [1.82, 2.24) is 10.2 Å². The van der Waals surface area contributed by atoms with Crippen molar-refractivity contribution in [3.63, 3.8) is 0 Å². The predicted molar refractivity (Wildman–Crippen MR) is 83.8 cm³/mol. The van der Waals surface area contributed by atoms with Gasteiger partial charge in [-0.3, -0.25) is 9.69 Å². The molecule has 1 aliphatic heterocycles. The Morgan fingerprint density at radius 1 is 1.38 bits per heavy atom. The normalized spacial score (nSPS) is 21.0. The van der Waals surface area contributed by atoms with E-state index in [1.54, 1.807) is 0 Å². The van der Waals surface area contributed by atoms with E-state index in [9.17, 15) is 4.79 Å². The Labute approximate surface area is 127 Å². The van der Waals surface area contributed by atoms with Crippen LogP contribution in [0.25, 0.3) is 0 Å². The van der Waals surface area contributed by atoms with E-state index < -0.39 is 0 Å². The molecular formula is C17H26N2O2. The Hall–Kier alpha value is -1.39. The van der Waals surface area contributed by atoms with Gasteiger partial charge in [0.15, 0.2) is 0 Å². The molecule has 1 saturated heterocycles. The average Bonchev–Trinajstić information content (AvgIpc) is 2.53. The zero-order valence-corrected chi connectivity index (χ0v) is 12.8. The molecule has 1 aromatic rings. The highest BCUT2D eigenvalue weighted by atomic mass is 16.3. The second-order valence-electron chi connectivity index (χ2n) is 6.00. The largest absolute Gasteiger partial charge is 0.396 e. The molecule has 2 N–H and O–H groups in total. The Kier molecular flexibility index (Phi) is 6.21. The lowest BCUT2D eigenvalue weighted by molar-refractivity contribution is -0.128. The van der Waals surface area contributed by atoms with E-state index in [4.69, 9.17) is 5.11 Å². The van der Waals surface area contributed by atoms with Gasteiger partial charge in [0, 0.05) is 19.7 Å². The summed E-state index contributed by atoms with van der Waals surface area (Å²) in [5.74, 6) is 0.214. The number of carbonyl (C=O) groups is 1. The van der Waals surface area contributed by atoms with Gasteiger partial charge in [0.1, 0.15) is 0 Å². The van der Waals surface area contributed by atoms with Crippen molar-refractivity contribution in [3.05, 3.63) is 35.9 Å². The number of carbonyl (C=O) groups excluding carboxylic acids is 1. The molecule has 4 nitrogen and oxygen atoms in total. The van der Waals surface area contributed by atoms with Crippen molar-refractivity contribution in [2.45, 2.75) is 38.8 Å². The molecule has 0 radical (unpaired) electrons. The van der Waals surface area contributed by atoms with Gasteiger partial charge in [-0.2, -0.15) is 0 Å². The molecule has 1 aromatic carbocycles. The van der Waals surface area contributed by atoms with Gasteiger partial charge in [0.2, 0.25) is 5.91 Å². The SMILES string of the molecule is CC(CO)CNC(=O)C1CCCCN1Cc1ccccc1. The van der Waals surface area contributed by atoms with Crippen LogP contribution in [-0.4, -0.2) is 41.7 Å². The molecule has 0 aromatic heterocycles. The fourth-order valence-corrected chi connectivity index (χ4v) is 2.75. The molecule has 0 spiro atoms. The summed E-state index contributed by atoms with van der Waals surface area (Å²) in [5, 5.41) is 12.0. The van der Waals surface area contributed by atoms with E-state index in [1.165, 1.54) is 5.56 Å². The van der Waals surface area contributed by atoms with Crippen molar-refractivity contribution < 1.29 is 9.90 Å². The van der Waals surface area contributed by atoms with Crippen molar-refractivity contribution in [1.29, 1.82) is 0 Å². The molecule has 2 rings (SSSR count). The molecular weight excluding hydrogens is 264 g/mol. The Morgan fingerprint density at radius 2 is 2.14 bits per heavy atom. The van der Waals surface area contributed by atoms with Gasteiger partial charge in [0.25, 0.3) is 0 Å². The molecule has 1 fully saturated rings. The first-order chi connectivity index (χ1) is 10.2. The number of nitrogens with one attached hydrogen (secondary N) is 1. The van der Waals surface area contributed by atoms with Crippen LogP contribution in [0.5, 0.6) is 0 Å². The molecule has 1 aliphatic rings. The van der Waals surface area contributed by atoms with Crippen molar-refractivity contribution in [3.8, 4) is 0 Å². The minimum atomic E-state index is -0.0372. The summed E-state index contributed by atoms with van der Waals surface area (Å²) in [6, 6.07) is 10.3. The summed E-state index contributed by atoms with van der Waals surface area (Å²) in [7, 11) is 0. The first-order valence-corrected chi connectivity index (χ1v) is 7.87. The van der Waals surface area contributed by atoms with Gasteiger partial charge >= 0.3 is 0 Å². The lowest BCUT2D eigenvalue weighted by atomic mass is 10.00. The average molecular weight is 290 g/mol. The van der Waals surface area contributed by atoms with Gasteiger partial charge in [-0.15, -0.1) is 0 Å². The maximum Gasteiger partial charge on any atom is 0.237 e. The maximum atomic E-state index is 12.4. The van der Waals surface area contributed by atoms with Crippen LogP contribution in [0.3, 0.4) is 0 Å². The molecule has 1 heterocycles. The molecule has 0 bridgehead atoms. The molecule has 21 heavy (non-hydrogen) atoms. The number of benzene rings is 1. The fraction of sp³-hybridized carbons (Fsp3) is 0.588. The monoisotopic (exact) mass is 290 g/mol. The Balaban J connectivity index is 1.93. The Morgan fingerprint density at radius 3 is 2.86 bits per heavy atom. The highest BCUT2D eigenvalue weighted by Crippen LogP contribution is 2.19. The third kappa shape index (κ3) is 4.83. The van der Waals surface area contributed by atoms with Crippen molar-refractivity contribution in [2.75, 3.05) is 19.7 Å². The van der Waals surface area contributed by atoms with Gasteiger partial charge in [-0.1, -0.05) is 43.7 Å². The van der Waals surface area contributed by atoms with Crippen molar-refractivity contribution >= 4 is 5.91 Å². The molecule has 2 atom stereocenters. The smallest absolute Gasteiger partial charge is 0.237 e. The van der Waals surface area contributed by atoms with Crippen LogP contribution in [0, 0.1) is 5.92 Å². The lowest BCUT2D eigenvalue weighted by Gasteiger charge is -2.34. The second-order valence-corrected chi connectivity index (χ2v) is 6.00. The number of rotatable bonds is 6. The van der Waals surface area contributed by atoms with Crippen LogP contribution in [0.15, 0.2) is 30.3 Å². The maximum absolute atomic E-state index is 12.4. The number of piperidine rings is 1. The fourth-order valence-electron chi connectivity index (χ4n) is 2.75. The lowest BCUT2D eigenvalue weighted by Crippen LogP contribution is -2.49. The van der Waals surface area contributed by atoms with E-state index in [-0.39, 0.29) is 24.5 Å². The van der Waals surface area contributed by atoms with Gasteiger partial charge in [-0.25, -0.2) is 0 Å². The number of aliphatic hydroxyl groups excluding tert-OH is 1.